The van der Waals surface area contributed by atoms with Gasteiger partial charge in [-0.3, -0.25) is 0 Å². The highest BCUT2D eigenvalue weighted by molar-refractivity contribution is 5.96. The molecule has 0 amide bonds. The SMILES string of the molecule is C[C@@H]1COCCN1c1nc(-c2cccc3[nH]ccc23)nc2nc(C3CCCN3)ccc12. The van der Waals surface area contributed by atoms with E-state index >= 15 is 0 Å². The zero-order valence-electron chi connectivity index (χ0n) is 17.6. The van der Waals surface area contributed by atoms with Crippen LogP contribution in [0.5, 0.6) is 0 Å². The Hall–Kier alpha value is -3.03. The highest BCUT2D eigenvalue weighted by Gasteiger charge is 2.25. The van der Waals surface area contributed by atoms with Gasteiger partial charge in [-0.1, -0.05) is 12.1 Å². The predicted octanol–water partition coefficient (Wildman–Crippen LogP) is 3.82. The zero-order valence-corrected chi connectivity index (χ0v) is 17.6. The molecule has 0 bridgehead atoms. The molecule has 0 radical (unpaired) electrons. The molecule has 1 unspecified atom stereocenters. The van der Waals surface area contributed by atoms with Crippen molar-refractivity contribution in [1.29, 1.82) is 0 Å². The molecular weight excluding hydrogens is 388 g/mol. The van der Waals surface area contributed by atoms with Crippen molar-refractivity contribution in [2.45, 2.75) is 31.8 Å². The highest BCUT2D eigenvalue weighted by atomic mass is 16.5. The van der Waals surface area contributed by atoms with Gasteiger partial charge >= 0.3 is 0 Å². The number of H-pyrrole nitrogens is 1. The number of rotatable bonds is 3. The Labute approximate surface area is 180 Å². The van der Waals surface area contributed by atoms with Crippen molar-refractivity contribution in [3.05, 3.63) is 48.3 Å². The summed E-state index contributed by atoms with van der Waals surface area (Å²) in [7, 11) is 0. The topological polar surface area (TPSA) is 79.0 Å². The number of hydrogen-bond acceptors (Lipinski definition) is 6. The van der Waals surface area contributed by atoms with Crippen LogP contribution in [0.2, 0.25) is 0 Å². The van der Waals surface area contributed by atoms with E-state index in [-0.39, 0.29) is 6.04 Å². The smallest absolute Gasteiger partial charge is 0.165 e. The van der Waals surface area contributed by atoms with Crippen LogP contribution in [0.4, 0.5) is 5.82 Å². The first kappa shape index (κ1) is 18.7. The number of anilines is 1. The molecule has 158 valence electrons. The van der Waals surface area contributed by atoms with Crippen LogP contribution in [0.15, 0.2) is 42.6 Å². The third-order valence-corrected chi connectivity index (χ3v) is 6.45. The Balaban J connectivity index is 1.56. The summed E-state index contributed by atoms with van der Waals surface area (Å²) in [6.45, 7) is 5.45. The molecule has 4 aromatic rings. The summed E-state index contributed by atoms with van der Waals surface area (Å²) in [5.41, 5.74) is 3.93. The number of morpholine rings is 1. The molecule has 0 saturated carbocycles. The summed E-state index contributed by atoms with van der Waals surface area (Å²) in [6.07, 6.45) is 4.26. The van der Waals surface area contributed by atoms with Gasteiger partial charge in [-0.25, -0.2) is 15.0 Å². The minimum atomic E-state index is 0.249. The number of fused-ring (bicyclic) bond motifs is 2. The van der Waals surface area contributed by atoms with Gasteiger partial charge in [-0.15, -0.1) is 0 Å². The number of aromatic amines is 1. The lowest BCUT2D eigenvalue weighted by molar-refractivity contribution is 0.0987. The maximum absolute atomic E-state index is 5.68. The third-order valence-electron chi connectivity index (χ3n) is 6.45. The first-order valence-electron chi connectivity index (χ1n) is 11.1. The van der Waals surface area contributed by atoms with Crippen LogP contribution < -0.4 is 10.2 Å². The van der Waals surface area contributed by atoms with E-state index in [0.29, 0.717) is 19.3 Å². The number of nitrogens with zero attached hydrogens (tertiary/aromatic N) is 4. The fourth-order valence-electron chi connectivity index (χ4n) is 4.80. The van der Waals surface area contributed by atoms with Gasteiger partial charge in [0.05, 0.1) is 30.3 Å². The molecule has 2 saturated heterocycles. The van der Waals surface area contributed by atoms with Gasteiger partial charge < -0.3 is 19.9 Å². The number of nitrogens with one attached hydrogen (secondary N) is 2. The van der Waals surface area contributed by atoms with Crippen LogP contribution in [-0.2, 0) is 4.74 Å². The Morgan fingerprint density at radius 3 is 2.90 bits per heavy atom. The Morgan fingerprint density at radius 1 is 1.06 bits per heavy atom. The van der Waals surface area contributed by atoms with Crippen LogP contribution in [0.25, 0.3) is 33.3 Å². The van der Waals surface area contributed by atoms with Gasteiger partial charge in [-0.2, -0.15) is 0 Å². The second-order valence-corrected chi connectivity index (χ2v) is 8.49. The maximum atomic E-state index is 5.68. The van der Waals surface area contributed by atoms with Gasteiger partial charge in [0.1, 0.15) is 5.82 Å². The predicted molar refractivity (Wildman–Crippen MR) is 122 cm³/mol. The van der Waals surface area contributed by atoms with E-state index in [4.69, 9.17) is 19.7 Å². The van der Waals surface area contributed by atoms with Gasteiger partial charge in [-0.05, 0) is 50.6 Å². The van der Waals surface area contributed by atoms with Crippen LogP contribution >= 0.6 is 0 Å². The second kappa shape index (κ2) is 7.59. The summed E-state index contributed by atoms with van der Waals surface area (Å²) >= 11 is 0. The lowest BCUT2D eigenvalue weighted by Crippen LogP contribution is -2.44. The molecule has 2 fully saturated rings. The minimum Gasteiger partial charge on any atom is -0.377 e. The van der Waals surface area contributed by atoms with Crippen molar-refractivity contribution in [3.8, 4) is 11.4 Å². The molecule has 2 atom stereocenters. The quantitative estimate of drug-likeness (QED) is 0.531. The molecule has 0 aliphatic carbocycles. The summed E-state index contributed by atoms with van der Waals surface area (Å²) in [5, 5.41) is 5.67. The van der Waals surface area contributed by atoms with Crippen LogP contribution in [0.3, 0.4) is 0 Å². The van der Waals surface area contributed by atoms with E-state index in [2.05, 4.69) is 52.5 Å². The number of ether oxygens (including phenoxy) is 1. The minimum absolute atomic E-state index is 0.249. The Morgan fingerprint density at radius 2 is 2.03 bits per heavy atom. The number of pyridine rings is 1. The lowest BCUT2D eigenvalue weighted by atomic mass is 10.1. The lowest BCUT2D eigenvalue weighted by Gasteiger charge is -2.35. The fraction of sp³-hybridized carbons (Fsp3) is 0.375. The van der Waals surface area contributed by atoms with E-state index in [1.165, 1.54) is 6.42 Å². The van der Waals surface area contributed by atoms with E-state index in [1.807, 2.05) is 12.3 Å². The fourth-order valence-corrected chi connectivity index (χ4v) is 4.80. The van der Waals surface area contributed by atoms with E-state index in [1.54, 1.807) is 0 Å². The van der Waals surface area contributed by atoms with Crippen LogP contribution in [0, 0.1) is 0 Å². The van der Waals surface area contributed by atoms with Crippen molar-refractivity contribution in [2.24, 2.45) is 0 Å². The molecular formula is C24H26N6O. The van der Waals surface area contributed by atoms with Crippen LogP contribution in [0.1, 0.15) is 31.5 Å². The molecule has 2 aliphatic heterocycles. The van der Waals surface area contributed by atoms with Crippen molar-refractivity contribution in [2.75, 3.05) is 31.2 Å². The molecule has 2 aliphatic rings. The summed E-state index contributed by atoms with van der Waals surface area (Å²) in [6, 6.07) is 13.1. The van der Waals surface area contributed by atoms with Gasteiger partial charge in [0, 0.05) is 35.2 Å². The number of benzene rings is 1. The second-order valence-electron chi connectivity index (χ2n) is 8.49. The first-order chi connectivity index (χ1) is 15.3. The number of aromatic nitrogens is 4. The van der Waals surface area contributed by atoms with E-state index in [9.17, 15) is 0 Å². The molecule has 7 nitrogen and oxygen atoms in total. The Bertz CT molecular complexity index is 1250. The zero-order chi connectivity index (χ0) is 20.8. The molecule has 7 heteroatoms. The summed E-state index contributed by atoms with van der Waals surface area (Å²) < 4.78 is 5.68. The standard InChI is InChI=1S/C24H26N6O/c1-15-14-31-13-12-30(15)24-18-7-8-21(20-6-3-10-25-20)27-23(18)28-22(29-24)17-4-2-5-19-16(17)9-11-26-19/h2,4-5,7-9,11,15,20,25-26H,3,6,10,12-14H2,1H3/t15-,20?/m1/s1. The average Bonchev–Trinajstić information content (AvgIpc) is 3.50. The van der Waals surface area contributed by atoms with Gasteiger partial charge in [0.15, 0.2) is 11.5 Å². The molecule has 6 rings (SSSR count). The number of hydrogen-bond donors (Lipinski definition) is 2. The van der Waals surface area contributed by atoms with Crippen molar-refractivity contribution < 1.29 is 4.74 Å². The monoisotopic (exact) mass is 414 g/mol. The van der Waals surface area contributed by atoms with Crippen molar-refractivity contribution in [1.82, 2.24) is 25.3 Å². The van der Waals surface area contributed by atoms with E-state index < -0.39 is 0 Å². The molecule has 1 aromatic carbocycles. The molecule has 3 aromatic heterocycles. The summed E-state index contributed by atoms with van der Waals surface area (Å²) in [5.74, 6) is 1.66. The van der Waals surface area contributed by atoms with Crippen molar-refractivity contribution in [3.63, 3.8) is 0 Å². The molecule has 5 heterocycles. The van der Waals surface area contributed by atoms with Gasteiger partial charge in [0.2, 0.25) is 0 Å². The third kappa shape index (κ3) is 3.25. The highest BCUT2D eigenvalue weighted by Crippen LogP contribution is 2.33. The van der Waals surface area contributed by atoms with E-state index in [0.717, 1.165) is 64.3 Å². The first-order valence-corrected chi connectivity index (χ1v) is 11.1. The largest absolute Gasteiger partial charge is 0.377 e. The summed E-state index contributed by atoms with van der Waals surface area (Å²) in [4.78, 5) is 20.7. The van der Waals surface area contributed by atoms with Crippen LogP contribution in [-0.4, -0.2) is 52.3 Å². The van der Waals surface area contributed by atoms with Crippen molar-refractivity contribution >= 4 is 27.8 Å². The maximum Gasteiger partial charge on any atom is 0.165 e. The Kier molecular flexibility index (Phi) is 4.58. The molecule has 0 spiro atoms. The molecule has 2 N–H and O–H groups in total. The normalized spacial score (nSPS) is 21.9. The average molecular weight is 415 g/mol. The molecule has 31 heavy (non-hydrogen) atoms. The van der Waals surface area contributed by atoms with Gasteiger partial charge in [0.25, 0.3) is 0 Å².